The lowest BCUT2D eigenvalue weighted by Crippen LogP contribution is -2.26. The fourth-order valence-corrected chi connectivity index (χ4v) is 2.46. The first kappa shape index (κ1) is 14.1. The van der Waals surface area contributed by atoms with Crippen LogP contribution in [-0.4, -0.2) is 21.1 Å². The summed E-state index contributed by atoms with van der Waals surface area (Å²) in [4.78, 5) is 26.3. The van der Waals surface area contributed by atoms with Crippen molar-refractivity contribution in [2.75, 3.05) is 0 Å². The number of nitrogens with zero attached hydrogens (tertiary/aromatic N) is 1. The molecule has 0 aromatic carbocycles. The van der Waals surface area contributed by atoms with E-state index >= 15 is 0 Å². The highest BCUT2D eigenvalue weighted by atomic mass is 35.5. The minimum Gasteiger partial charge on any atom is -0.446 e. The van der Waals surface area contributed by atoms with E-state index in [2.05, 4.69) is 10.3 Å². The molecule has 1 fully saturated rings. The molecule has 0 bridgehead atoms. The first-order valence-electron chi connectivity index (χ1n) is 5.62. The van der Waals surface area contributed by atoms with Gasteiger partial charge in [-0.05, 0) is 6.42 Å². The SMILES string of the molecule is CC1(CC(=O)NCc2nc(C(N)=O)co2)CC1(Cl)Cl. The molecule has 104 valence electrons. The first-order chi connectivity index (χ1) is 8.73. The maximum Gasteiger partial charge on any atom is 0.270 e. The molecule has 19 heavy (non-hydrogen) atoms. The van der Waals surface area contributed by atoms with E-state index in [0.717, 1.165) is 6.26 Å². The maximum absolute atomic E-state index is 11.7. The number of carbonyl (C=O) groups is 2. The zero-order chi connectivity index (χ0) is 14.3. The predicted octanol–water partition coefficient (Wildman–Crippen LogP) is 1.36. The summed E-state index contributed by atoms with van der Waals surface area (Å²) in [6, 6.07) is 0. The van der Waals surface area contributed by atoms with Crippen LogP contribution in [0.1, 0.15) is 36.1 Å². The van der Waals surface area contributed by atoms with E-state index in [-0.39, 0.29) is 30.5 Å². The van der Waals surface area contributed by atoms with Crippen LogP contribution >= 0.6 is 23.2 Å². The standard InChI is InChI=1S/C11H13Cl2N3O3/c1-10(5-11(10,12)13)2-7(17)15-3-8-16-6(4-19-8)9(14)18/h4H,2-3,5H2,1H3,(H2,14,18)(H,15,17). The van der Waals surface area contributed by atoms with Crippen molar-refractivity contribution in [1.82, 2.24) is 10.3 Å². The number of alkyl halides is 2. The number of hydrogen-bond acceptors (Lipinski definition) is 4. The lowest BCUT2D eigenvalue weighted by molar-refractivity contribution is -0.122. The van der Waals surface area contributed by atoms with Crippen molar-refractivity contribution in [3.8, 4) is 0 Å². The van der Waals surface area contributed by atoms with Crippen LogP contribution in [0.25, 0.3) is 0 Å². The highest BCUT2D eigenvalue weighted by molar-refractivity contribution is 6.51. The lowest BCUT2D eigenvalue weighted by atomic mass is 10.1. The molecule has 1 heterocycles. The Labute approximate surface area is 119 Å². The van der Waals surface area contributed by atoms with Crippen LogP contribution in [0.15, 0.2) is 10.7 Å². The fourth-order valence-electron chi connectivity index (χ4n) is 1.73. The molecule has 1 aliphatic rings. The third kappa shape index (κ3) is 3.01. The van der Waals surface area contributed by atoms with Gasteiger partial charge in [0.25, 0.3) is 5.91 Å². The number of rotatable bonds is 5. The Kier molecular flexibility index (Phi) is 3.49. The summed E-state index contributed by atoms with van der Waals surface area (Å²) in [5, 5.41) is 2.62. The molecule has 1 aromatic rings. The van der Waals surface area contributed by atoms with E-state index in [1.807, 2.05) is 6.92 Å². The van der Waals surface area contributed by atoms with E-state index in [4.69, 9.17) is 33.4 Å². The molecule has 8 heteroatoms. The number of nitrogens with two attached hydrogens (primary N) is 1. The second-order valence-electron chi connectivity index (χ2n) is 4.89. The Balaban J connectivity index is 1.82. The highest BCUT2D eigenvalue weighted by Gasteiger charge is 2.63. The monoisotopic (exact) mass is 305 g/mol. The zero-order valence-corrected chi connectivity index (χ0v) is 11.7. The fraction of sp³-hybridized carbons (Fsp3) is 0.545. The number of amides is 2. The lowest BCUT2D eigenvalue weighted by Gasteiger charge is -2.10. The molecule has 1 unspecified atom stereocenters. The summed E-state index contributed by atoms with van der Waals surface area (Å²) >= 11 is 11.9. The average Bonchev–Trinajstić information content (AvgIpc) is 2.67. The zero-order valence-electron chi connectivity index (χ0n) is 10.2. The van der Waals surface area contributed by atoms with Gasteiger partial charge >= 0.3 is 0 Å². The Bertz CT molecular complexity index is 529. The quantitative estimate of drug-likeness (QED) is 0.802. The number of oxazole rings is 1. The topological polar surface area (TPSA) is 98.2 Å². The molecular formula is C11H13Cl2N3O3. The second-order valence-corrected chi connectivity index (χ2v) is 6.37. The maximum atomic E-state index is 11.7. The third-order valence-electron chi connectivity index (χ3n) is 3.16. The van der Waals surface area contributed by atoms with E-state index < -0.39 is 15.7 Å². The van der Waals surface area contributed by atoms with Crippen LogP contribution < -0.4 is 11.1 Å². The summed E-state index contributed by atoms with van der Waals surface area (Å²) in [6.07, 6.45) is 1.96. The summed E-state index contributed by atoms with van der Waals surface area (Å²) in [5.41, 5.74) is 4.66. The van der Waals surface area contributed by atoms with Crippen LogP contribution in [0, 0.1) is 5.41 Å². The van der Waals surface area contributed by atoms with Crippen molar-refractivity contribution < 1.29 is 14.0 Å². The van der Waals surface area contributed by atoms with Crippen LogP contribution in [0.4, 0.5) is 0 Å². The number of primary amides is 1. The van der Waals surface area contributed by atoms with Gasteiger partial charge in [0.15, 0.2) is 5.69 Å². The molecule has 6 nitrogen and oxygen atoms in total. The molecule has 1 aliphatic carbocycles. The van der Waals surface area contributed by atoms with Crippen molar-refractivity contribution >= 4 is 35.0 Å². The van der Waals surface area contributed by atoms with Crippen molar-refractivity contribution in [2.45, 2.75) is 30.6 Å². The number of aromatic nitrogens is 1. The van der Waals surface area contributed by atoms with Crippen molar-refractivity contribution in [1.29, 1.82) is 0 Å². The summed E-state index contributed by atoms with van der Waals surface area (Å²) in [7, 11) is 0. The Morgan fingerprint density at radius 1 is 1.58 bits per heavy atom. The van der Waals surface area contributed by atoms with Crippen molar-refractivity contribution in [2.24, 2.45) is 11.1 Å². The molecule has 1 atom stereocenters. The molecule has 1 aromatic heterocycles. The van der Waals surface area contributed by atoms with Gasteiger partial charge in [-0.3, -0.25) is 9.59 Å². The van der Waals surface area contributed by atoms with Gasteiger partial charge in [-0.2, -0.15) is 0 Å². The van der Waals surface area contributed by atoms with Crippen LogP contribution in [0.3, 0.4) is 0 Å². The van der Waals surface area contributed by atoms with Gasteiger partial charge in [0.1, 0.15) is 10.6 Å². The number of nitrogens with one attached hydrogen (secondary N) is 1. The largest absolute Gasteiger partial charge is 0.446 e. The van der Waals surface area contributed by atoms with Crippen LogP contribution in [-0.2, 0) is 11.3 Å². The number of halogens is 2. The van der Waals surface area contributed by atoms with Crippen LogP contribution in [0.2, 0.25) is 0 Å². The molecule has 1 saturated carbocycles. The van der Waals surface area contributed by atoms with Crippen molar-refractivity contribution in [3.05, 3.63) is 17.8 Å². The van der Waals surface area contributed by atoms with Gasteiger partial charge in [0.05, 0.1) is 6.54 Å². The Morgan fingerprint density at radius 3 is 2.68 bits per heavy atom. The molecule has 0 saturated heterocycles. The first-order valence-corrected chi connectivity index (χ1v) is 6.38. The average molecular weight is 306 g/mol. The number of hydrogen-bond donors (Lipinski definition) is 2. The minimum absolute atomic E-state index is 0.0268. The van der Waals surface area contributed by atoms with Gasteiger partial charge in [-0.25, -0.2) is 4.98 Å². The summed E-state index contributed by atoms with van der Waals surface area (Å²) in [6.45, 7) is 1.93. The van der Waals surface area contributed by atoms with E-state index in [9.17, 15) is 9.59 Å². The van der Waals surface area contributed by atoms with E-state index in [1.165, 1.54) is 0 Å². The van der Waals surface area contributed by atoms with E-state index in [1.54, 1.807) is 0 Å². The van der Waals surface area contributed by atoms with E-state index in [0.29, 0.717) is 6.42 Å². The molecule has 0 aliphatic heterocycles. The number of carbonyl (C=O) groups excluding carboxylic acids is 2. The van der Waals surface area contributed by atoms with Gasteiger partial charge in [-0.1, -0.05) is 6.92 Å². The normalized spacial score (nSPS) is 23.9. The summed E-state index contributed by atoms with van der Waals surface area (Å²) in [5.74, 6) is -0.670. The molecule has 3 N–H and O–H groups in total. The predicted molar refractivity (Wildman–Crippen MR) is 68.6 cm³/mol. The van der Waals surface area contributed by atoms with Gasteiger partial charge in [0, 0.05) is 11.8 Å². The Morgan fingerprint density at radius 2 is 2.21 bits per heavy atom. The van der Waals surface area contributed by atoms with Gasteiger partial charge in [-0.15, -0.1) is 23.2 Å². The van der Waals surface area contributed by atoms with Gasteiger partial charge < -0.3 is 15.5 Å². The smallest absolute Gasteiger partial charge is 0.270 e. The third-order valence-corrected chi connectivity index (χ3v) is 4.34. The van der Waals surface area contributed by atoms with Crippen molar-refractivity contribution in [3.63, 3.8) is 0 Å². The van der Waals surface area contributed by atoms with Crippen LogP contribution in [0.5, 0.6) is 0 Å². The molecular weight excluding hydrogens is 293 g/mol. The summed E-state index contributed by atoms with van der Waals surface area (Å²) < 4.78 is 4.16. The molecule has 2 rings (SSSR count). The van der Waals surface area contributed by atoms with Gasteiger partial charge in [0.2, 0.25) is 11.8 Å². The highest BCUT2D eigenvalue weighted by Crippen LogP contribution is 2.65. The molecule has 2 amide bonds. The minimum atomic E-state index is -0.827. The molecule has 0 spiro atoms. The Hall–Kier alpha value is -1.27. The second kappa shape index (κ2) is 4.68. The molecule has 0 radical (unpaired) electrons.